The Morgan fingerprint density at radius 3 is 0.838 bits per heavy atom. The Morgan fingerprint density at radius 2 is 0.527 bits per heavy atom. The van der Waals surface area contributed by atoms with Crippen LogP contribution < -0.4 is 0 Å². The molecular weight excluding hydrogens is 913 g/mol. The lowest BCUT2D eigenvalue weighted by molar-refractivity contribution is -0.167. The van der Waals surface area contributed by atoms with E-state index < -0.39 is 6.10 Å². The van der Waals surface area contributed by atoms with Gasteiger partial charge in [-0.25, -0.2) is 0 Å². The van der Waals surface area contributed by atoms with Crippen LogP contribution in [-0.4, -0.2) is 37.2 Å². The number of hydrogen-bond acceptors (Lipinski definition) is 6. The van der Waals surface area contributed by atoms with Crippen LogP contribution in [0.2, 0.25) is 0 Å². The molecule has 0 radical (unpaired) electrons. The lowest BCUT2D eigenvalue weighted by atomic mass is 10.0. The zero-order chi connectivity index (χ0) is 53.6. The first-order valence-electron chi connectivity index (χ1n) is 31.6. The van der Waals surface area contributed by atoms with E-state index in [1.807, 2.05) is 0 Å². The minimum Gasteiger partial charge on any atom is -0.462 e. The van der Waals surface area contributed by atoms with Gasteiger partial charge in [0.15, 0.2) is 6.10 Å². The molecule has 0 aromatic rings. The summed E-state index contributed by atoms with van der Waals surface area (Å²) < 4.78 is 16.9. The van der Waals surface area contributed by atoms with Crippen molar-refractivity contribution in [1.29, 1.82) is 0 Å². The molecule has 1 unspecified atom stereocenters. The van der Waals surface area contributed by atoms with E-state index in [1.165, 1.54) is 161 Å². The van der Waals surface area contributed by atoms with Gasteiger partial charge in [0.25, 0.3) is 0 Å². The number of hydrogen-bond donors (Lipinski definition) is 0. The molecular formula is C68H118O6. The summed E-state index contributed by atoms with van der Waals surface area (Å²) in [4.78, 5) is 38.2. The molecule has 0 aliphatic rings. The number of rotatable bonds is 57. The third kappa shape index (κ3) is 59.5. The highest BCUT2D eigenvalue weighted by atomic mass is 16.6. The molecule has 1 atom stereocenters. The van der Waals surface area contributed by atoms with Gasteiger partial charge in [0, 0.05) is 19.3 Å². The minimum atomic E-state index is -0.787. The summed E-state index contributed by atoms with van der Waals surface area (Å²) in [6.07, 6.45) is 81.7. The fourth-order valence-corrected chi connectivity index (χ4v) is 8.98. The number of allylic oxidation sites excluding steroid dienone is 14. The number of unbranched alkanes of at least 4 members (excludes halogenated alkanes) is 32. The normalized spacial score (nSPS) is 12.6. The zero-order valence-corrected chi connectivity index (χ0v) is 48.8. The fourth-order valence-electron chi connectivity index (χ4n) is 8.98. The maximum absolute atomic E-state index is 12.9. The van der Waals surface area contributed by atoms with Gasteiger partial charge in [0.1, 0.15) is 13.2 Å². The Morgan fingerprint density at radius 1 is 0.284 bits per heavy atom. The van der Waals surface area contributed by atoms with Crippen LogP contribution in [0.1, 0.15) is 310 Å². The number of ether oxygens (including phenoxy) is 3. The second-order valence-corrected chi connectivity index (χ2v) is 20.9. The smallest absolute Gasteiger partial charge is 0.306 e. The number of esters is 3. The molecule has 0 rings (SSSR count). The van der Waals surface area contributed by atoms with Gasteiger partial charge >= 0.3 is 17.9 Å². The molecule has 0 N–H and O–H groups in total. The lowest BCUT2D eigenvalue weighted by Crippen LogP contribution is -2.30. The lowest BCUT2D eigenvalue weighted by Gasteiger charge is -2.18. The Balaban J connectivity index is 4.26. The topological polar surface area (TPSA) is 78.9 Å². The molecule has 0 saturated carbocycles. The first kappa shape index (κ1) is 70.6. The molecule has 0 aromatic carbocycles. The summed E-state index contributed by atoms with van der Waals surface area (Å²) in [7, 11) is 0. The first-order valence-corrected chi connectivity index (χ1v) is 31.6. The van der Waals surface area contributed by atoms with Gasteiger partial charge < -0.3 is 14.2 Å². The molecule has 0 heterocycles. The number of carbonyl (C=O) groups excluding carboxylic acids is 3. The van der Waals surface area contributed by atoms with Crippen LogP contribution in [0.15, 0.2) is 85.1 Å². The quantitative estimate of drug-likeness (QED) is 0.0261. The predicted octanol–water partition coefficient (Wildman–Crippen LogP) is 21.5. The van der Waals surface area contributed by atoms with E-state index in [0.29, 0.717) is 19.3 Å². The van der Waals surface area contributed by atoms with Crippen molar-refractivity contribution in [2.45, 2.75) is 316 Å². The molecule has 0 bridgehead atoms. The van der Waals surface area contributed by atoms with Gasteiger partial charge in [0.05, 0.1) is 0 Å². The standard InChI is InChI=1S/C68H118O6/c1-4-7-10-13-16-19-22-25-27-29-30-31-32-33-34-35-36-37-38-39-41-43-46-49-52-55-58-61-67(70)73-64-65(63-72-66(69)60-57-54-51-48-45-42-24-21-18-15-12-9-6-3)74-68(71)62-59-56-53-50-47-44-40-28-26-23-20-17-14-11-8-5-2/h7,9-10,12,16,18-19,21,25,27,30-31,42,45,65H,4-6,8,11,13-15,17,20,22-24,26,28-29,32-41,43-44,46-64H2,1-3H3/b10-7-,12-9-,19-16-,21-18-,27-25-,31-30-,45-42-. The summed E-state index contributed by atoms with van der Waals surface area (Å²) in [5, 5.41) is 0. The van der Waals surface area contributed by atoms with E-state index in [1.54, 1.807) is 0 Å². The third-order valence-corrected chi connectivity index (χ3v) is 13.6. The Bertz CT molecular complexity index is 1420. The van der Waals surface area contributed by atoms with E-state index in [4.69, 9.17) is 14.2 Å². The average molecular weight is 1030 g/mol. The van der Waals surface area contributed by atoms with E-state index in [-0.39, 0.29) is 31.1 Å². The van der Waals surface area contributed by atoms with Crippen molar-refractivity contribution in [3.8, 4) is 0 Å². The van der Waals surface area contributed by atoms with Crippen molar-refractivity contribution < 1.29 is 28.6 Å². The molecule has 0 aromatic heterocycles. The van der Waals surface area contributed by atoms with Crippen LogP contribution in [0.3, 0.4) is 0 Å². The highest BCUT2D eigenvalue weighted by Gasteiger charge is 2.19. The van der Waals surface area contributed by atoms with Gasteiger partial charge in [0.2, 0.25) is 0 Å². The van der Waals surface area contributed by atoms with Gasteiger partial charge in [-0.3, -0.25) is 14.4 Å². The molecule has 426 valence electrons. The summed E-state index contributed by atoms with van der Waals surface area (Å²) in [6, 6.07) is 0. The molecule has 6 heteroatoms. The van der Waals surface area contributed by atoms with E-state index in [0.717, 1.165) is 109 Å². The van der Waals surface area contributed by atoms with Crippen molar-refractivity contribution in [3.05, 3.63) is 85.1 Å². The van der Waals surface area contributed by atoms with Gasteiger partial charge in [-0.15, -0.1) is 0 Å². The average Bonchev–Trinajstić information content (AvgIpc) is 3.40. The molecule has 0 aliphatic carbocycles. The monoisotopic (exact) mass is 1030 g/mol. The van der Waals surface area contributed by atoms with E-state index in [9.17, 15) is 14.4 Å². The maximum Gasteiger partial charge on any atom is 0.306 e. The summed E-state index contributed by atoms with van der Waals surface area (Å²) in [5.74, 6) is -0.900. The summed E-state index contributed by atoms with van der Waals surface area (Å²) in [5.41, 5.74) is 0. The largest absolute Gasteiger partial charge is 0.462 e. The molecule has 0 fully saturated rings. The first-order chi connectivity index (χ1) is 36.5. The van der Waals surface area contributed by atoms with Crippen LogP contribution in [0.4, 0.5) is 0 Å². The van der Waals surface area contributed by atoms with Crippen LogP contribution in [0, 0.1) is 0 Å². The van der Waals surface area contributed by atoms with Crippen LogP contribution >= 0.6 is 0 Å². The van der Waals surface area contributed by atoms with Crippen molar-refractivity contribution in [2.75, 3.05) is 13.2 Å². The molecule has 0 spiro atoms. The second-order valence-electron chi connectivity index (χ2n) is 20.9. The van der Waals surface area contributed by atoms with Crippen molar-refractivity contribution in [1.82, 2.24) is 0 Å². The van der Waals surface area contributed by atoms with Gasteiger partial charge in [-0.1, -0.05) is 286 Å². The van der Waals surface area contributed by atoms with E-state index in [2.05, 4.69) is 106 Å². The highest BCUT2D eigenvalue weighted by molar-refractivity contribution is 5.71. The number of carbonyl (C=O) groups is 3. The molecule has 6 nitrogen and oxygen atoms in total. The third-order valence-electron chi connectivity index (χ3n) is 13.6. The Hall–Kier alpha value is -3.41. The molecule has 0 saturated heterocycles. The van der Waals surface area contributed by atoms with Crippen molar-refractivity contribution in [3.63, 3.8) is 0 Å². The summed E-state index contributed by atoms with van der Waals surface area (Å²) in [6.45, 7) is 6.42. The van der Waals surface area contributed by atoms with Crippen molar-refractivity contribution in [2.24, 2.45) is 0 Å². The molecule has 0 aliphatic heterocycles. The zero-order valence-electron chi connectivity index (χ0n) is 48.8. The van der Waals surface area contributed by atoms with Crippen molar-refractivity contribution >= 4 is 17.9 Å². The highest BCUT2D eigenvalue weighted by Crippen LogP contribution is 2.17. The predicted molar refractivity (Wildman–Crippen MR) is 321 cm³/mol. The summed E-state index contributed by atoms with van der Waals surface area (Å²) >= 11 is 0. The molecule has 0 amide bonds. The SMILES string of the molecule is CC/C=C\C/C=C\C/C=C\C/C=C\CCCCCCCCCCCCCCCCC(=O)OCC(COC(=O)CCCCC/C=C\C/C=C\C/C=C\CC)OC(=O)CCCCCCCCCCCCCCCCCC. The molecule has 74 heavy (non-hydrogen) atoms. The Kier molecular flexibility index (Phi) is 59.3. The minimum absolute atomic E-state index is 0.0829. The maximum atomic E-state index is 12.9. The van der Waals surface area contributed by atoms with E-state index >= 15 is 0 Å². The van der Waals surface area contributed by atoms with Crippen LogP contribution in [0.5, 0.6) is 0 Å². The fraction of sp³-hybridized carbons (Fsp3) is 0.750. The van der Waals surface area contributed by atoms with Crippen LogP contribution in [0.25, 0.3) is 0 Å². The Labute approximate surface area is 458 Å². The van der Waals surface area contributed by atoms with Gasteiger partial charge in [-0.05, 0) is 89.9 Å². The second kappa shape index (κ2) is 62.1. The van der Waals surface area contributed by atoms with Gasteiger partial charge in [-0.2, -0.15) is 0 Å². The van der Waals surface area contributed by atoms with Crippen LogP contribution in [-0.2, 0) is 28.6 Å².